The molecule has 1 aromatic heterocycles. The Kier molecular flexibility index (Phi) is 3.12. The number of aromatic nitrogens is 1. The van der Waals surface area contributed by atoms with Gasteiger partial charge in [-0.2, -0.15) is 0 Å². The molecule has 2 bridgehead atoms. The highest BCUT2D eigenvalue weighted by atomic mass is 16.3. The first-order valence-corrected chi connectivity index (χ1v) is 6.62. The lowest BCUT2D eigenvalue weighted by Crippen LogP contribution is -2.48. The largest absolute Gasteiger partial charge is 0.393 e. The average molecular weight is 262 g/mol. The summed E-state index contributed by atoms with van der Waals surface area (Å²) in [6.07, 6.45) is 6.16. The molecule has 0 saturated carbocycles. The van der Waals surface area contributed by atoms with E-state index in [0.717, 1.165) is 12.8 Å². The van der Waals surface area contributed by atoms with E-state index >= 15 is 0 Å². The van der Waals surface area contributed by atoms with Gasteiger partial charge in [0.05, 0.1) is 17.4 Å². The van der Waals surface area contributed by atoms with Crippen LogP contribution in [0.4, 0.5) is 5.69 Å². The van der Waals surface area contributed by atoms with Crippen LogP contribution in [-0.4, -0.2) is 39.1 Å². The van der Waals surface area contributed by atoms with Gasteiger partial charge in [-0.3, -0.25) is 15.6 Å². The Labute approximate surface area is 111 Å². The summed E-state index contributed by atoms with van der Waals surface area (Å²) in [7, 11) is 0. The van der Waals surface area contributed by atoms with Crippen molar-refractivity contribution in [2.45, 2.75) is 43.9 Å². The zero-order valence-electron chi connectivity index (χ0n) is 10.6. The number of nitrogen functional groups attached to an aromatic ring is 1. The number of carbonyl (C=O) groups is 1. The summed E-state index contributed by atoms with van der Waals surface area (Å²) in [4.78, 5) is 18.6. The van der Waals surface area contributed by atoms with Crippen molar-refractivity contribution >= 4 is 11.6 Å². The van der Waals surface area contributed by atoms with Crippen molar-refractivity contribution in [3.05, 3.63) is 24.0 Å². The molecule has 0 radical (unpaired) electrons. The number of amides is 1. The van der Waals surface area contributed by atoms with Gasteiger partial charge in [-0.1, -0.05) is 0 Å². The maximum Gasteiger partial charge on any atom is 0.258 e. The monoisotopic (exact) mass is 262 g/mol. The van der Waals surface area contributed by atoms with Crippen LogP contribution >= 0.6 is 0 Å². The van der Waals surface area contributed by atoms with Gasteiger partial charge in [-0.25, -0.2) is 0 Å². The van der Waals surface area contributed by atoms with Crippen LogP contribution in [0.1, 0.15) is 36.0 Å². The number of aliphatic hydroxyl groups excluding tert-OH is 1. The SMILES string of the molecule is NNc1ccncc1C(=O)N1C2CCC1CC(O)C2. The molecular weight excluding hydrogens is 244 g/mol. The van der Waals surface area contributed by atoms with Gasteiger partial charge in [-0.15, -0.1) is 0 Å². The zero-order chi connectivity index (χ0) is 13.4. The van der Waals surface area contributed by atoms with E-state index in [-0.39, 0.29) is 24.1 Å². The van der Waals surface area contributed by atoms with Crippen molar-refractivity contribution in [2.24, 2.45) is 5.84 Å². The van der Waals surface area contributed by atoms with Gasteiger partial charge in [0.1, 0.15) is 0 Å². The number of piperidine rings is 1. The van der Waals surface area contributed by atoms with Gasteiger partial charge in [0.2, 0.25) is 0 Å². The Hall–Kier alpha value is -1.66. The summed E-state index contributed by atoms with van der Waals surface area (Å²) in [6.45, 7) is 0. The van der Waals surface area contributed by atoms with Gasteiger partial charge in [0.25, 0.3) is 5.91 Å². The molecule has 2 aliphatic rings. The number of fused-ring (bicyclic) bond motifs is 2. The average Bonchev–Trinajstić information content (AvgIpc) is 2.70. The molecule has 6 heteroatoms. The molecule has 2 fully saturated rings. The predicted octanol–water partition coefficient (Wildman–Crippen LogP) is 0.495. The molecule has 2 saturated heterocycles. The number of hydrogen-bond acceptors (Lipinski definition) is 5. The lowest BCUT2D eigenvalue weighted by molar-refractivity contribution is 0.0287. The molecule has 2 atom stereocenters. The maximum atomic E-state index is 12.7. The summed E-state index contributed by atoms with van der Waals surface area (Å²) < 4.78 is 0. The Bertz CT molecular complexity index is 479. The van der Waals surface area contributed by atoms with E-state index in [0.29, 0.717) is 24.1 Å². The molecule has 0 aliphatic carbocycles. The molecule has 0 spiro atoms. The van der Waals surface area contributed by atoms with Gasteiger partial charge in [0.15, 0.2) is 0 Å². The van der Waals surface area contributed by atoms with Crippen LogP contribution in [-0.2, 0) is 0 Å². The number of hydrazine groups is 1. The van der Waals surface area contributed by atoms with E-state index in [4.69, 9.17) is 5.84 Å². The number of carbonyl (C=O) groups excluding carboxylic acids is 1. The predicted molar refractivity (Wildman–Crippen MR) is 70.3 cm³/mol. The summed E-state index contributed by atoms with van der Waals surface area (Å²) >= 11 is 0. The Morgan fingerprint density at radius 1 is 1.42 bits per heavy atom. The first-order chi connectivity index (χ1) is 9.20. The number of aliphatic hydroxyl groups is 1. The van der Waals surface area contributed by atoms with Crippen LogP contribution in [0.2, 0.25) is 0 Å². The minimum absolute atomic E-state index is 0.0412. The first kappa shape index (κ1) is 12.4. The molecule has 3 heterocycles. The fourth-order valence-electron chi connectivity index (χ4n) is 3.31. The van der Waals surface area contributed by atoms with Crippen molar-refractivity contribution in [1.29, 1.82) is 0 Å². The fourth-order valence-corrected chi connectivity index (χ4v) is 3.31. The van der Waals surface area contributed by atoms with Crippen molar-refractivity contribution in [3.8, 4) is 0 Å². The van der Waals surface area contributed by atoms with Crippen molar-refractivity contribution in [3.63, 3.8) is 0 Å². The molecule has 19 heavy (non-hydrogen) atoms. The highest BCUT2D eigenvalue weighted by Gasteiger charge is 2.43. The maximum absolute atomic E-state index is 12.7. The molecule has 1 aromatic rings. The second-order valence-corrected chi connectivity index (χ2v) is 5.29. The molecule has 1 amide bonds. The lowest BCUT2D eigenvalue weighted by atomic mass is 9.99. The van der Waals surface area contributed by atoms with Gasteiger partial charge in [-0.05, 0) is 31.7 Å². The number of pyridine rings is 1. The Morgan fingerprint density at radius 3 is 2.74 bits per heavy atom. The van der Waals surface area contributed by atoms with Crippen molar-refractivity contribution < 1.29 is 9.90 Å². The summed E-state index contributed by atoms with van der Waals surface area (Å²) in [5.74, 6) is 5.40. The van der Waals surface area contributed by atoms with Crippen LogP contribution < -0.4 is 11.3 Å². The number of nitrogens with zero attached hydrogens (tertiary/aromatic N) is 2. The number of hydrogen-bond donors (Lipinski definition) is 3. The van der Waals surface area contributed by atoms with E-state index in [9.17, 15) is 9.90 Å². The second-order valence-electron chi connectivity index (χ2n) is 5.29. The molecule has 6 nitrogen and oxygen atoms in total. The third-order valence-electron chi connectivity index (χ3n) is 4.15. The molecule has 2 aliphatic heterocycles. The fraction of sp³-hybridized carbons (Fsp3) is 0.538. The first-order valence-electron chi connectivity index (χ1n) is 6.62. The van der Waals surface area contributed by atoms with Crippen molar-refractivity contribution in [2.75, 3.05) is 5.43 Å². The van der Waals surface area contributed by atoms with Crippen LogP contribution in [0.5, 0.6) is 0 Å². The standard InChI is InChI=1S/C13H18N4O2/c14-16-12-3-4-15-7-11(12)13(19)17-8-1-2-9(17)6-10(18)5-8/h3-4,7-10,18H,1-2,5-6,14H2,(H,15,16). The Balaban J connectivity index is 1.89. The van der Waals surface area contributed by atoms with Crippen LogP contribution in [0, 0.1) is 0 Å². The molecule has 102 valence electrons. The van der Waals surface area contributed by atoms with Gasteiger partial charge < -0.3 is 15.4 Å². The van der Waals surface area contributed by atoms with Crippen LogP contribution in [0.15, 0.2) is 18.5 Å². The van der Waals surface area contributed by atoms with E-state index in [2.05, 4.69) is 10.4 Å². The van der Waals surface area contributed by atoms with E-state index < -0.39 is 0 Å². The second kappa shape index (κ2) is 4.79. The molecule has 2 unspecified atom stereocenters. The number of anilines is 1. The quantitative estimate of drug-likeness (QED) is 0.533. The van der Waals surface area contributed by atoms with E-state index in [1.165, 1.54) is 0 Å². The summed E-state index contributed by atoms with van der Waals surface area (Å²) in [5.41, 5.74) is 3.62. The third kappa shape index (κ3) is 2.06. The van der Waals surface area contributed by atoms with Gasteiger partial charge in [0, 0.05) is 24.5 Å². The Morgan fingerprint density at radius 2 is 2.11 bits per heavy atom. The smallest absolute Gasteiger partial charge is 0.258 e. The van der Waals surface area contributed by atoms with Gasteiger partial charge >= 0.3 is 0 Å². The molecule has 3 rings (SSSR count). The number of nitrogens with two attached hydrogens (primary N) is 1. The molecular formula is C13H18N4O2. The highest BCUT2D eigenvalue weighted by Crippen LogP contribution is 2.37. The zero-order valence-corrected chi connectivity index (χ0v) is 10.6. The normalized spacial score (nSPS) is 29.4. The highest BCUT2D eigenvalue weighted by molar-refractivity contribution is 5.99. The lowest BCUT2D eigenvalue weighted by Gasteiger charge is -2.37. The van der Waals surface area contributed by atoms with Crippen LogP contribution in [0.25, 0.3) is 0 Å². The third-order valence-corrected chi connectivity index (χ3v) is 4.15. The molecule has 4 N–H and O–H groups in total. The summed E-state index contributed by atoms with van der Waals surface area (Å²) in [6, 6.07) is 1.98. The van der Waals surface area contributed by atoms with Crippen molar-refractivity contribution in [1.82, 2.24) is 9.88 Å². The summed E-state index contributed by atoms with van der Waals surface area (Å²) in [5, 5.41) is 9.78. The topological polar surface area (TPSA) is 91.5 Å². The van der Waals surface area contributed by atoms with E-state index in [1.54, 1.807) is 18.5 Å². The molecule has 0 aromatic carbocycles. The number of nitrogens with one attached hydrogen (secondary N) is 1. The number of rotatable bonds is 2. The minimum atomic E-state index is -0.275. The minimum Gasteiger partial charge on any atom is -0.393 e. The van der Waals surface area contributed by atoms with Crippen LogP contribution in [0.3, 0.4) is 0 Å². The van der Waals surface area contributed by atoms with E-state index in [1.807, 2.05) is 4.90 Å².